The summed E-state index contributed by atoms with van der Waals surface area (Å²) in [7, 11) is 0. The normalized spacial score (nSPS) is 28.2. The Bertz CT molecular complexity index is 289. The van der Waals surface area contributed by atoms with Gasteiger partial charge >= 0.3 is 0 Å². The molecule has 2 fully saturated rings. The molecular formula is C16H30N2O. The van der Waals surface area contributed by atoms with Crippen molar-refractivity contribution in [2.24, 2.45) is 17.3 Å². The summed E-state index contributed by atoms with van der Waals surface area (Å²) in [6, 6.07) is 0. The van der Waals surface area contributed by atoms with Gasteiger partial charge in [0.2, 0.25) is 5.91 Å². The van der Waals surface area contributed by atoms with Crippen molar-refractivity contribution in [1.82, 2.24) is 10.6 Å². The Balaban J connectivity index is 1.70. The average Bonchev–Trinajstić information content (AvgIpc) is 3.05. The number of hydrogen-bond acceptors (Lipinski definition) is 2. The Morgan fingerprint density at radius 2 is 2.11 bits per heavy atom. The molecule has 0 bridgehead atoms. The third-order valence-electron chi connectivity index (χ3n) is 5.30. The maximum absolute atomic E-state index is 12.5. The zero-order valence-electron chi connectivity index (χ0n) is 12.6. The first-order chi connectivity index (χ1) is 9.15. The summed E-state index contributed by atoms with van der Waals surface area (Å²) in [5, 5.41) is 6.54. The summed E-state index contributed by atoms with van der Waals surface area (Å²) in [4.78, 5) is 12.5. The fourth-order valence-electron chi connectivity index (χ4n) is 3.73. The van der Waals surface area contributed by atoms with E-state index in [9.17, 15) is 4.79 Å². The second kappa shape index (κ2) is 6.74. The third kappa shape index (κ3) is 3.50. The topological polar surface area (TPSA) is 41.1 Å². The molecule has 3 nitrogen and oxygen atoms in total. The molecule has 2 aliphatic rings. The first-order valence-electron chi connectivity index (χ1n) is 8.14. The first kappa shape index (κ1) is 14.8. The van der Waals surface area contributed by atoms with Crippen LogP contribution in [0, 0.1) is 17.3 Å². The Morgan fingerprint density at radius 1 is 1.37 bits per heavy atom. The monoisotopic (exact) mass is 266 g/mol. The lowest BCUT2D eigenvalue weighted by Crippen LogP contribution is -2.46. The molecule has 2 rings (SSSR count). The number of hydrogen-bond donors (Lipinski definition) is 2. The summed E-state index contributed by atoms with van der Waals surface area (Å²) < 4.78 is 0. The summed E-state index contributed by atoms with van der Waals surface area (Å²) in [5.74, 6) is 1.63. The van der Waals surface area contributed by atoms with E-state index >= 15 is 0 Å². The molecule has 1 amide bonds. The van der Waals surface area contributed by atoms with Crippen molar-refractivity contribution in [2.75, 3.05) is 19.6 Å². The molecule has 1 aliphatic heterocycles. The van der Waals surface area contributed by atoms with Crippen molar-refractivity contribution >= 4 is 5.91 Å². The van der Waals surface area contributed by atoms with Crippen LogP contribution in [0.4, 0.5) is 0 Å². The predicted molar refractivity (Wildman–Crippen MR) is 79.0 cm³/mol. The molecular weight excluding hydrogens is 236 g/mol. The van der Waals surface area contributed by atoms with E-state index in [0.717, 1.165) is 38.4 Å². The quantitative estimate of drug-likeness (QED) is 0.726. The van der Waals surface area contributed by atoms with E-state index in [1.54, 1.807) is 0 Å². The summed E-state index contributed by atoms with van der Waals surface area (Å²) in [5.41, 5.74) is -0.159. The van der Waals surface area contributed by atoms with Crippen LogP contribution >= 0.6 is 0 Å². The Labute approximate surface area is 117 Å². The molecule has 1 heterocycles. The highest BCUT2D eigenvalue weighted by Crippen LogP contribution is 2.34. The van der Waals surface area contributed by atoms with Gasteiger partial charge in [-0.15, -0.1) is 0 Å². The van der Waals surface area contributed by atoms with Crippen LogP contribution in [0.1, 0.15) is 58.8 Å². The number of amides is 1. The van der Waals surface area contributed by atoms with E-state index < -0.39 is 0 Å². The third-order valence-corrected chi connectivity index (χ3v) is 5.30. The van der Waals surface area contributed by atoms with Gasteiger partial charge in [0.1, 0.15) is 0 Å². The van der Waals surface area contributed by atoms with Crippen LogP contribution in [0.3, 0.4) is 0 Å². The van der Waals surface area contributed by atoms with Gasteiger partial charge in [0.15, 0.2) is 0 Å². The Morgan fingerprint density at radius 3 is 2.68 bits per heavy atom. The molecule has 3 heteroatoms. The fraction of sp³-hybridized carbons (Fsp3) is 0.938. The van der Waals surface area contributed by atoms with Gasteiger partial charge in [0, 0.05) is 13.1 Å². The highest BCUT2D eigenvalue weighted by Gasteiger charge is 2.43. The van der Waals surface area contributed by atoms with Crippen LogP contribution in [0.5, 0.6) is 0 Å². The van der Waals surface area contributed by atoms with Crippen LogP contribution < -0.4 is 10.6 Å². The van der Waals surface area contributed by atoms with Gasteiger partial charge in [-0.25, -0.2) is 0 Å². The smallest absolute Gasteiger partial charge is 0.227 e. The summed E-state index contributed by atoms with van der Waals surface area (Å²) in [6.45, 7) is 7.03. The summed E-state index contributed by atoms with van der Waals surface area (Å²) in [6.07, 6.45) is 9.09. The van der Waals surface area contributed by atoms with Crippen molar-refractivity contribution in [3.05, 3.63) is 0 Å². The maximum atomic E-state index is 12.5. The van der Waals surface area contributed by atoms with Gasteiger partial charge in [-0.05, 0) is 37.6 Å². The van der Waals surface area contributed by atoms with E-state index in [-0.39, 0.29) is 11.3 Å². The van der Waals surface area contributed by atoms with Crippen LogP contribution in [0.25, 0.3) is 0 Å². The Kier molecular flexibility index (Phi) is 5.26. The van der Waals surface area contributed by atoms with Gasteiger partial charge < -0.3 is 10.6 Å². The van der Waals surface area contributed by atoms with E-state index in [4.69, 9.17) is 0 Å². The maximum Gasteiger partial charge on any atom is 0.227 e. The minimum absolute atomic E-state index is 0.159. The molecule has 0 radical (unpaired) electrons. The molecule has 1 saturated heterocycles. The number of carbonyl (C=O) groups is 1. The highest BCUT2D eigenvalue weighted by molar-refractivity contribution is 5.83. The molecule has 1 atom stereocenters. The van der Waals surface area contributed by atoms with Crippen LogP contribution in [-0.4, -0.2) is 25.5 Å². The molecule has 19 heavy (non-hydrogen) atoms. The zero-order valence-corrected chi connectivity index (χ0v) is 12.6. The largest absolute Gasteiger partial charge is 0.356 e. The van der Waals surface area contributed by atoms with Gasteiger partial charge in [-0.2, -0.15) is 0 Å². The number of rotatable bonds is 6. The molecule has 0 aromatic carbocycles. The molecule has 0 aromatic heterocycles. The van der Waals surface area contributed by atoms with Gasteiger partial charge in [0.05, 0.1) is 5.41 Å². The lowest BCUT2D eigenvalue weighted by atomic mass is 9.75. The first-order valence-corrected chi connectivity index (χ1v) is 8.14. The lowest BCUT2D eigenvalue weighted by molar-refractivity contribution is -0.132. The highest BCUT2D eigenvalue weighted by atomic mass is 16.2. The zero-order chi connectivity index (χ0) is 13.7. The van der Waals surface area contributed by atoms with Crippen LogP contribution in [0.15, 0.2) is 0 Å². The standard InChI is InChI=1S/C16H30N2O/c1-13(2)16(9-11-17-12-16)15(19)18-10-5-8-14-6-3-4-7-14/h13-14,17H,3-12H2,1-2H3,(H,18,19). The van der Waals surface area contributed by atoms with Crippen molar-refractivity contribution < 1.29 is 4.79 Å². The molecule has 110 valence electrons. The summed E-state index contributed by atoms with van der Waals surface area (Å²) >= 11 is 0. The van der Waals surface area contributed by atoms with Crippen molar-refractivity contribution in [3.8, 4) is 0 Å². The van der Waals surface area contributed by atoms with Crippen LogP contribution in [-0.2, 0) is 4.79 Å². The second-order valence-corrected chi connectivity index (χ2v) is 6.79. The van der Waals surface area contributed by atoms with Gasteiger partial charge in [-0.1, -0.05) is 39.5 Å². The van der Waals surface area contributed by atoms with E-state index in [1.807, 2.05) is 0 Å². The molecule has 0 spiro atoms. The molecule has 0 aromatic rings. The van der Waals surface area contributed by atoms with E-state index in [0.29, 0.717) is 5.92 Å². The Hall–Kier alpha value is -0.570. The SMILES string of the molecule is CC(C)C1(C(=O)NCCCC2CCCC2)CCNC1. The molecule has 2 N–H and O–H groups in total. The average molecular weight is 266 g/mol. The minimum atomic E-state index is -0.159. The van der Waals surface area contributed by atoms with E-state index in [1.165, 1.54) is 32.1 Å². The second-order valence-electron chi connectivity index (χ2n) is 6.79. The number of carbonyl (C=O) groups excluding carboxylic acids is 1. The van der Waals surface area contributed by atoms with Gasteiger partial charge in [0.25, 0.3) is 0 Å². The lowest BCUT2D eigenvalue weighted by Gasteiger charge is -2.31. The predicted octanol–water partition coefficient (Wildman–Crippen LogP) is 2.71. The molecule has 1 saturated carbocycles. The minimum Gasteiger partial charge on any atom is -0.356 e. The van der Waals surface area contributed by atoms with Crippen molar-refractivity contribution in [1.29, 1.82) is 0 Å². The van der Waals surface area contributed by atoms with Crippen molar-refractivity contribution in [2.45, 2.75) is 58.8 Å². The molecule has 1 unspecified atom stereocenters. The fourth-order valence-corrected chi connectivity index (χ4v) is 3.73. The van der Waals surface area contributed by atoms with E-state index in [2.05, 4.69) is 24.5 Å². The molecule has 1 aliphatic carbocycles. The number of nitrogens with one attached hydrogen (secondary N) is 2. The van der Waals surface area contributed by atoms with Crippen molar-refractivity contribution in [3.63, 3.8) is 0 Å². The van der Waals surface area contributed by atoms with Crippen LogP contribution in [0.2, 0.25) is 0 Å². The van der Waals surface area contributed by atoms with Gasteiger partial charge in [-0.3, -0.25) is 4.79 Å².